The number of nitrogens with zero attached hydrogens (tertiary/aromatic N) is 9. The highest BCUT2D eigenvalue weighted by Crippen LogP contribution is 2.35. The second-order valence-electron chi connectivity index (χ2n) is 12.4. The summed E-state index contributed by atoms with van der Waals surface area (Å²) in [4.78, 5) is 27.4. The number of carboxylic acids is 1. The fraction of sp³-hybridized carbons (Fsp3) is 0.297. The molecule has 16 heteroatoms. The molecule has 272 valence electrons. The molecule has 13 nitrogen and oxygen atoms in total. The topological polar surface area (TPSA) is 176 Å². The molecular weight excluding hydrogens is 706 g/mol. The number of nitrogens with one attached hydrogen (secondary N) is 1. The average Bonchev–Trinajstić information content (AvgIpc) is 3.55. The van der Waals surface area contributed by atoms with Crippen molar-refractivity contribution in [3.05, 3.63) is 117 Å². The number of azide groups is 1. The summed E-state index contributed by atoms with van der Waals surface area (Å²) in [5, 5.41) is 24.7. The van der Waals surface area contributed by atoms with Gasteiger partial charge in [-0.1, -0.05) is 65.5 Å². The minimum Gasteiger partial charge on any atom is -0.481 e. The van der Waals surface area contributed by atoms with Crippen molar-refractivity contribution in [2.45, 2.75) is 57.7 Å². The van der Waals surface area contributed by atoms with Gasteiger partial charge < -0.3 is 15.2 Å². The van der Waals surface area contributed by atoms with Crippen molar-refractivity contribution in [3.63, 3.8) is 0 Å². The van der Waals surface area contributed by atoms with Gasteiger partial charge in [-0.25, -0.2) is 18.7 Å². The number of carbonyl (C=O) groups is 1. The van der Waals surface area contributed by atoms with Crippen molar-refractivity contribution in [2.24, 2.45) is 10.1 Å². The Morgan fingerprint density at radius 1 is 1.06 bits per heavy atom. The number of anilines is 2. The molecule has 0 amide bonds. The van der Waals surface area contributed by atoms with Crippen molar-refractivity contribution in [3.8, 4) is 22.5 Å². The van der Waals surface area contributed by atoms with Crippen LogP contribution in [0.3, 0.4) is 0 Å². The molecule has 1 aliphatic rings. The minimum absolute atomic E-state index is 0.107. The quantitative estimate of drug-likeness (QED) is 0.0412. The number of halogens is 3. The Labute approximate surface area is 308 Å². The molecule has 0 fully saturated rings. The monoisotopic (exact) mass is 740 g/mol. The highest BCUT2D eigenvalue weighted by molar-refractivity contribution is 6.31. The van der Waals surface area contributed by atoms with E-state index in [1.807, 2.05) is 24.3 Å². The molecule has 2 N–H and O–H groups in total. The van der Waals surface area contributed by atoms with E-state index in [9.17, 15) is 13.6 Å². The van der Waals surface area contributed by atoms with Crippen LogP contribution in [0, 0.1) is 11.6 Å². The van der Waals surface area contributed by atoms with Crippen LogP contribution in [-0.4, -0.2) is 61.0 Å². The first kappa shape index (κ1) is 37.0. The number of hydrogen-bond donors (Lipinski definition) is 2. The fourth-order valence-electron chi connectivity index (χ4n) is 5.94. The first-order valence-corrected chi connectivity index (χ1v) is 17.4. The fourth-order valence-corrected chi connectivity index (χ4v) is 6.11. The Bertz CT molecular complexity index is 2140. The van der Waals surface area contributed by atoms with E-state index < -0.39 is 23.6 Å². The summed E-state index contributed by atoms with van der Waals surface area (Å²) in [5.74, 6) is -1.91. The van der Waals surface area contributed by atoms with E-state index >= 15 is 0 Å². The van der Waals surface area contributed by atoms with Crippen LogP contribution in [-0.2, 0) is 22.6 Å². The zero-order chi connectivity index (χ0) is 37.2. The zero-order valence-electron chi connectivity index (χ0n) is 28.5. The lowest BCUT2D eigenvalue weighted by molar-refractivity contribution is -0.137. The maximum absolute atomic E-state index is 14.9. The van der Waals surface area contributed by atoms with E-state index in [0.29, 0.717) is 64.3 Å². The lowest BCUT2D eigenvalue weighted by atomic mass is 9.95. The largest absolute Gasteiger partial charge is 0.481 e. The Morgan fingerprint density at radius 2 is 1.83 bits per heavy atom. The van der Waals surface area contributed by atoms with Crippen LogP contribution >= 0.6 is 11.6 Å². The highest BCUT2D eigenvalue weighted by atomic mass is 35.5. The lowest BCUT2D eigenvalue weighted by Gasteiger charge is -2.13. The number of benzene rings is 3. The molecule has 0 saturated heterocycles. The predicted octanol–water partition coefficient (Wildman–Crippen LogP) is 8.55. The second kappa shape index (κ2) is 17.6. The van der Waals surface area contributed by atoms with Gasteiger partial charge in [-0.2, -0.15) is 0 Å². The first-order chi connectivity index (χ1) is 25.8. The summed E-state index contributed by atoms with van der Waals surface area (Å²) in [6.07, 6.45) is 7.88. The Balaban J connectivity index is 1.08. The molecule has 0 spiro atoms. The van der Waals surface area contributed by atoms with Gasteiger partial charge in [0.15, 0.2) is 0 Å². The molecule has 6 rings (SSSR count). The number of hydrogen-bond acceptors (Lipinski definition) is 9. The van der Waals surface area contributed by atoms with E-state index in [4.69, 9.17) is 32.0 Å². The van der Waals surface area contributed by atoms with Gasteiger partial charge in [0.05, 0.1) is 48.9 Å². The first-order valence-electron chi connectivity index (χ1n) is 17.1. The van der Waals surface area contributed by atoms with Gasteiger partial charge >= 0.3 is 5.97 Å². The molecule has 1 aliphatic heterocycles. The average molecular weight is 741 g/mol. The molecule has 0 bridgehead atoms. The van der Waals surface area contributed by atoms with Crippen LogP contribution in [0.25, 0.3) is 33.0 Å². The molecule has 0 saturated carbocycles. The van der Waals surface area contributed by atoms with Crippen LogP contribution in [0.5, 0.6) is 0 Å². The number of fused-ring (bicyclic) bond motifs is 3. The number of rotatable bonds is 17. The third-order valence-corrected chi connectivity index (χ3v) is 8.78. The summed E-state index contributed by atoms with van der Waals surface area (Å²) in [6, 6.07) is 15.7. The maximum atomic E-state index is 14.9. The summed E-state index contributed by atoms with van der Waals surface area (Å²) >= 11 is 6.34. The molecule has 1 unspecified atom stereocenters. The summed E-state index contributed by atoms with van der Waals surface area (Å²) in [7, 11) is 0. The summed E-state index contributed by atoms with van der Waals surface area (Å²) in [5.41, 5.74) is 13.4. The Kier molecular flexibility index (Phi) is 12.3. The Hall–Kier alpha value is -5.76. The van der Waals surface area contributed by atoms with Gasteiger partial charge in [0, 0.05) is 57.1 Å². The number of aromatic nitrogens is 5. The van der Waals surface area contributed by atoms with Crippen LogP contribution in [0.4, 0.5) is 20.4 Å². The van der Waals surface area contributed by atoms with Crippen molar-refractivity contribution in [1.82, 2.24) is 25.0 Å². The maximum Gasteiger partial charge on any atom is 0.303 e. The van der Waals surface area contributed by atoms with E-state index in [2.05, 4.69) is 35.6 Å². The molecule has 2 aromatic heterocycles. The third kappa shape index (κ3) is 9.57. The van der Waals surface area contributed by atoms with Crippen LogP contribution in [0.15, 0.2) is 83.2 Å². The van der Waals surface area contributed by atoms with Crippen LogP contribution < -0.4 is 5.32 Å². The van der Waals surface area contributed by atoms with Gasteiger partial charge in [-0.15, -0.1) is 5.10 Å². The number of aliphatic imine (C=N–C) groups is 1. The minimum atomic E-state index is -0.770. The molecule has 3 heterocycles. The van der Waals surface area contributed by atoms with Gasteiger partial charge in [0.2, 0.25) is 5.95 Å². The third-order valence-electron chi connectivity index (χ3n) is 8.54. The smallest absolute Gasteiger partial charge is 0.303 e. The van der Waals surface area contributed by atoms with Gasteiger partial charge in [0.1, 0.15) is 17.3 Å². The molecular formula is C37H35ClF2N10O3. The molecule has 3 aromatic carbocycles. The number of aliphatic carboxylic acids is 1. The molecule has 5 aromatic rings. The van der Waals surface area contributed by atoms with Gasteiger partial charge in [-0.05, 0) is 54.8 Å². The Morgan fingerprint density at radius 3 is 2.60 bits per heavy atom. The molecule has 1 atom stereocenters. The van der Waals surface area contributed by atoms with Gasteiger partial charge in [-0.3, -0.25) is 14.5 Å². The van der Waals surface area contributed by atoms with Crippen molar-refractivity contribution < 1.29 is 23.4 Å². The highest BCUT2D eigenvalue weighted by Gasteiger charge is 2.25. The standard InChI is InChI=1S/C37H35ClF2N10O3/c38-25-12-15-28-29(17-25)36(34-30(39)7-6-8-31(34)40)42-18-24-19-43-37(45-35(24)28)44-26-13-10-23(11-14-26)32-21-50(49-47-32)20-27(46-48-41)22-53-16-5-3-1-2-4-9-33(51)52/h6-8,10-15,17,19,21,27H,1-5,9,16,18,20,22H2,(H,51,52)(H,43,44,45). The van der Waals surface area contributed by atoms with Crippen molar-refractivity contribution in [1.29, 1.82) is 0 Å². The van der Waals surface area contributed by atoms with Crippen molar-refractivity contribution >= 4 is 34.9 Å². The van der Waals surface area contributed by atoms with Gasteiger partial charge in [0.25, 0.3) is 0 Å². The summed E-state index contributed by atoms with van der Waals surface area (Å²) < 4.78 is 37.1. The number of ether oxygens (including phenoxy) is 1. The second-order valence-corrected chi connectivity index (χ2v) is 12.8. The number of unbranched alkanes of at least 4 members (excludes halogenated alkanes) is 4. The molecule has 0 aliphatic carbocycles. The van der Waals surface area contributed by atoms with E-state index in [0.717, 1.165) is 31.2 Å². The molecule has 53 heavy (non-hydrogen) atoms. The number of carboxylic acid groups (broad SMARTS) is 1. The van der Waals surface area contributed by atoms with Crippen molar-refractivity contribution in [2.75, 3.05) is 18.5 Å². The SMILES string of the molecule is [N-]=[N+]=NC(COCCCCCCCC(=O)O)Cn1cc(-c2ccc(Nc3ncc4c(n3)-c3ccc(Cl)cc3C(c3c(F)cccc3F)=NC4)cc2)nn1. The van der Waals surface area contributed by atoms with E-state index in [-0.39, 0.29) is 30.8 Å². The van der Waals surface area contributed by atoms with E-state index in [1.165, 1.54) is 18.2 Å². The molecule has 0 radical (unpaired) electrons. The van der Waals surface area contributed by atoms with E-state index in [1.54, 1.807) is 35.3 Å². The summed E-state index contributed by atoms with van der Waals surface area (Å²) in [6.45, 7) is 1.15. The van der Waals surface area contributed by atoms with Crippen LogP contribution in [0.1, 0.15) is 55.2 Å². The zero-order valence-corrected chi connectivity index (χ0v) is 29.3. The van der Waals surface area contributed by atoms with Crippen LogP contribution in [0.2, 0.25) is 5.02 Å². The lowest BCUT2D eigenvalue weighted by Crippen LogP contribution is -2.20. The normalized spacial score (nSPS) is 12.5. The predicted molar refractivity (Wildman–Crippen MR) is 196 cm³/mol.